The first kappa shape index (κ1) is 19.5. The van der Waals surface area contributed by atoms with Crippen LogP contribution in [0.2, 0.25) is 0 Å². The topological polar surface area (TPSA) is 71.1 Å². The minimum absolute atomic E-state index is 0.0294. The van der Waals surface area contributed by atoms with Crippen LogP contribution in [0.15, 0.2) is 35.8 Å². The number of hydrogen-bond donors (Lipinski definition) is 2. The zero-order valence-corrected chi connectivity index (χ0v) is 16.7. The maximum Gasteiger partial charge on any atom is 0.252 e. The molecular formula is C21H27N3O2S. The average molecular weight is 386 g/mol. The fourth-order valence-electron chi connectivity index (χ4n) is 3.79. The van der Waals surface area contributed by atoms with E-state index in [9.17, 15) is 9.59 Å². The van der Waals surface area contributed by atoms with Crippen molar-refractivity contribution in [2.45, 2.75) is 45.6 Å². The van der Waals surface area contributed by atoms with E-state index < -0.39 is 0 Å². The second-order valence-corrected chi connectivity index (χ2v) is 8.49. The van der Waals surface area contributed by atoms with Crippen LogP contribution in [-0.4, -0.2) is 23.3 Å². The van der Waals surface area contributed by atoms with E-state index in [1.807, 2.05) is 36.6 Å². The SMILES string of the molecule is CC(=O)NCC1CCC(C(NC(=O)c2csc(C)c2)c2ccccn2)CC1. The number of nitrogens with one attached hydrogen (secondary N) is 2. The Morgan fingerprint density at radius 2 is 2.04 bits per heavy atom. The van der Waals surface area contributed by atoms with Crippen molar-refractivity contribution in [2.24, 2.45) is 11.8 Å². The monoisotopic (exact) mass is 385 g/mol. The molecule has 6 heteroatoms. The predicted molar refractivity (Wildman–Crippen MR) is 108 cm³/mol. The number of thiophene rings is 1. The lowest BCUT2D eigenvalue weighted by Crippen LogP contribution is -2.37. The molecule has 1 aliphatic carbocycles. The first-order valence-corrected chi connectivity index (χ1v) is 10.4. The number of pyridine rings is 1. The molecule has 2 aromatic rings. The first-order chi connectivity index (χ1) is 13.0. The number of carbonyl (C=O) groups excluding carboxylic acids is 2. The van der Waals surface area contributed by atoms with Gasteiger partial charge in [-0.2, -0.15) is 0 Å². The Morgan fingerprint density at radius 1 is 1.26 bits per heavy atom. The van der Waals surface area contributed by atoms with Gasteiger partial charge in [-0.1, -0.05) is 6.07 Å². The Bertz CT molecular complexity index is 767. The molecule has 0 spiro atoms. The van der Waals surface area contributed by atoms with Crippen molar-refractivity contribution in [1.82, 2.24) is 15.6 Å². The largest absolute Gasteiger partial charge is 0.356 e. The minimum atomic E-state index is -0.0828. The second-order valence-electron chi connectivity index (χ2n) is 7.37. The van der Waals surface area contributed by atoms with Crippen LogP contribution in [0.25, 0.3) is 0 Å². The van der Waals surface area contributed by atoms with Crippen molar-refractivity contribution in [2.75, 3.05) is 6.54 Å². The molecule has 0 aliphatic heterocycles. The van der Waals surface area contributed by atoms with Crippen LogP contribution >= 0.6 is 11.3 Å². The molecule has 144 valence electrons. The van der Waals surface area contributed by atoms with E-state index in [-0.39, 0.29) is 17.9 Å². The summed E-state index contributed by atoms with van der Waals surface area (Å²) in [6, 6.07) is 7.71. The Balaban J connectivity index is 1.68. The van der Waals surface area contributed by atoms with E-state index in [1.165, 1.54) is 0 Å². The maximum atomic E-state index is 12.7. The lowest BCUT2D eigenvalue weighted by molar-refractivity contribution is -0.119. The van der Waals surface area contributed by atoms with Crippen LogP contribution in [0.4, 0.5) is 0 Å². The molecule has 0 aromatic carbocycles. The van der Waals surface area contributed by atoms with Gasteiger partial charge in [0.2, 0.25) is 5.91 Å². The lowest BCUT2D eigenvalue weighted by atomic mass is 9.77. The number of nitrogens with zero attached hydrogens (tertiary/aromatic N) is 1. The lowest BCUT2D eigenvalue weighted by Gasteiger charge is -2.34. The zero-order valence-electron chi connectivity index (χ0n) is 15.9. The molecule has 2 heterocycles. The molecule has 3 rings (SSSR count). The third kappa shape index (κ3) is 5.39. The van der Waals surface area contributed by atoms with Crippen molar-refractivity contribution in [3.63, 3.8) is 0 Å². The van der Waals surface area contributed by atoms with E-state index in [0.29, 0.717) is 11.8 Å². The van der Waals surface area contributed by atoms with Gasteiger partial charge in [0.15, 0.2) is 0 Å². The summed E-state index contributed by atoms with van der Waals surface area (Å²) in [6.45, 7) is 4.31. The first-order valence-electron chi connectivity index (χ1n) is 9.54. The van der Waals surface area contributed by atoms with Crippen LogP contribution in [0.5, 0.6) is 0 Å². The molecule has 27 heavy (non-hydrogen) atoms. The Hall–Kier alpha value is -2.21. The number of aromatic nitrogens is 1. The van der Waals surface area contributed by atoms with Gasteiger partial charge < -0.3 is 10.6 Å². The van der Waals surface area contributed by atoms with Crippen molar-refractivity contribution in [3.05, 3.63) is 52.0 Å². The van der Waals surface area contributed by atoms with Gasteiger partial charge in [-0.15, -0.1) is 11.3 Å². The van der Waals surface area contributed by atoms with E-state index in [4.69, 9.17) is 0 Å². The number of aryl methyl sites for hydroxylation is 1. The number of amides is 2. The molecule has 5 nitrogen and oxygen atoms in total. The molecule has 1 unspecified atom stereocenters. The molecule has 1 atom stereocenters. The van der Waals surface area contributed by atoms with E-state index in [0.717, 1.165) is 48.4 Å². The minimum Gasteiger partial charge on any atom is -0.356 e. The zero-order chi connectivity index (χ0) is 19.2. The third-order valence-corrected chi connectivity index (χ3v) is 6.15. The van der Waals surface area contributed by atoms with Crippen molar-refractivity contribution < 1.29 is 9.59 Å². The van der Waals surface area contributed by atoms with Crippen LogP contribution in [0.1, 0.15) is 59.6 Å². The number of hydrogen-bond acceptors (Lipinski definition) is 4. The summed E-state index contributed by atoms with van der Waals surface area (Å²) in [5.74, 6) is 0.874. The average Bonchev–Trinajstić information content (AvgIpc) is 3.12. The molecule has 1 aliphatic rings. The van der Waals surface area contributed by atoms with Crippen molar-refractivity contribution in [3.8, 4) is 0 Å². The van der Waals surface area contributed by atoms with Crippen LogP contribution in [0, 0.1) is 18.8 Å². The number of rotatable bonds is 6. The highest BCUT2D eigenvalue weighted by Crippen LogP contribution is 2.36. The summed E-state index contributed by atoms with van der Waals surface area (Å²) in [5.41, 5.74) is 1.64. The van der Waals surface area contributed by atoms with Gasteiger partial charge in [0, 0.05) is 29.9 Å². The van der Waals surface area contributed by atoms with E-state index >= 15 is 0 Å². The molecule has 0 saturated heterocycles. The Kier molecular flexibility index (Phi) is 6.61. The maximum absolute atomic E-state index is 12.7. The van der Waals surface area contributed by atoms with Crippen LogP contribution in [0.3, 0.4) is 0 Å². The summed E-state index contributed by atoms with van der Waals surface area (Å²) in [5, 5.41) is 8.07. The normalized spacial score (nSPS) is 20.7. The van der Waals surface area contributed by atoms with Gasteiger partial charge in [0.25, 0.3) is 5.91 Å². The highest BCUT2D eigenvalue weighted by molar-refractivity contribution is 7.10. The van der Waals surface area contributed by atoms with Gasteiger partial charge in [-0.3, -0.25) is 14.6 Å². The van der Waals surface area contributed by atoms with Crippen molar-refractivity contribution >= 4 is 23.2 Å². The molecular weight excluding hydrogens is 358 g/mol. The van der Waals surface area contributed by atoms with Crippen LogP contribution in [-0.2, 0) is 4.79 Å². The Morgan fingerprint density at radius 3 is 2.63 bits per heavy atom. The highest BCUT2D eigenvalue weighted by atomic mass is 32.1. The second kappa shape index (κ2) is 9.13. The highest BCUT2D eigenvalue weighted by Gasteiger charge is 2.30. The van der Waals surface area contributed by atoms with Gasteiger partial charge >= 0.3 is 0 Å². The fraction of sp³-hybridized carbons (Fsp3) is 0.476. The molecule has 1 fully saturated rings. The molecule has 2 amide bonds. The summed E-state index contributed by atoms with van der Waals surface area (Å²) in [4.78, 5) is 29.5. The van der Waals surface area contributed by atoms with Gasteiger partial charge in [-0.25, -0.2) is 0 Å². The van der Waals surface area contributed by atoms with E-state index in [1.54, 1.807) is 24.5 Å². The van der Waals surface area contributed by atoms with Gasteiger partial charge in [0.05, 0.1) is 17.3 Å². The molecule has 0 bridgehead atoms. The summed E-state index contributed by atoms with van der Waals surface area (Å²) in [6.07, 6.45) is 5.94. The molecule has 1 saturated carbocycles. The summed E-state index contributed by atoms with van der Waals surface area (Å²) in [7, 11) is 0. The van der Waals surface area contributed by atoms with Gasteiger partial charge in [0.1, 0.15) is 0 Å². The molecule has 2 N–H and O–H groups in total. The quantitative estimate of drug-likeness (QED) is 0.793. The number of carbonyl (C=O) groups is 2. The van der Waals surface area contributed by atoms with Gasteiger partial charge in [-0.05, 0) is 62.6 Å². The van der Waals surface area contributed by atoms with E-state index in [2.05, 4.69) is 15.6 Å². The summed E-state index contributed by atoms with van der Waals surface area (Å²) >= 11 is 1.59. The van der Waals surface area contributed by atoms with Crippen LogP contribution < -0.4 is 10.6 Å². The smallest absolute Gasteiger partial charge is 0.252 e. The van der Waals surface area contributed by atoms with Crippen molar-refractivity contribution in [1.29, 1.82) is 0 Å². The molecule has 2 aromatic heterocycles. The standard InChI is InChI=1S/C21H27N3O2S/c1-14-11-18(13-27-14)21(26)24-20(19-5-3-4-10-22-19)17-8-6-16(7-9-17)12-23-15(2)25/h3-5,10-11,13,16-17,20H,6-9,12H2,1-2H3,(H,23,25)(H,24,26). The Labute approximate surface area is 164 Å². The molecule has 0 radical (unpaired) electrons. The predicted octanol–water partition coefficient (Wildman–Crippen LogP) is 3.87. The summed E-state index contributed by atoms with van der Waals surface area (Å²) < 4.78 is 0. The third-order valence-electron chi connectivity index (χ3n) is 5.29. The fourth-order valence-corrected chi connectivity index (χ4v) is 4.48.